The highest BCUT2D eigenvalue weighted by Crippen LogP contribution is 2.15. The van der Waals surface area contributed by atoms with Crippen molar-refractivity contribution in [1.82, 2.24) is 9.78 Å². The van der Waals surface area contributed by atoms with Crippen LogP contribution in [0.25, 0.3) is 0 Å². The summed E-state index contributed by atoms with van der Waals surface area (Å²) in [6.45, 7) is 2.17. The fourth-order valence-corrected chi connectivity index (χ4v) is 1.37. The Kier molecular flexibility index (Phi) is 1.56. The molecule has 3 heteroatoms. The Morgan fingerprint density at radius 3 is 3.00 bits per heavy atom. The van der Waals surface area contributed by atoms with E-state index < -0.39 is 0 Å². The van der Waals surface area contributed by atoms with Crippen molar-refractivity contribution in [3.63, 3.8) is 0 Å². The Hall–Kier alpha value is -0.990. The van der Waals surface area contributed by atoms with E-state index >= 15 is 0 Å². The highest BCUT2D eigenvalue weighted by Gasteiger charge is 2.13. The van der Waals surface area contributed by atoms with Crippen molar-refractivity contribution in [2.45, 2.75) is 6.42 Å². The molecule has 2 heterocycles. The predicted octanol–water partition coefficient (Wildman–Crippen LogP) is 0.834. The molecule has 1 saturated heterocycles. The van der Waals surface area contributed by atoms with Gasteiger partial charge in [0, 0.05) is 32.4 Å². The van der Waals surface area contributed by atoms with Crippen LogP contribution in [0.1, 0.15) is 6.42 Å². The first-order valence-corrected chi connectivity index (χ1v) is 3.92. The molecule has 0 atom stereocenters. The Bertz CT molecular complexity index is 235. The maximum Gasteiger partial charge on any atom is 0.150 e. The first-order valence-electron chi connectivity index (χ1n) is 3.92. The SMILES string of the molecule is Cn1ccc(N2C[CH]CC2)n1. The molecule has 0 unspecified atom stereocenters. The first-order chi connectivity index (χ1) is 5.36. The van der Waals surface area contributed by atoms with Gasteiger partial charge in [0.2, 0.25) is 0 Å². The lowest BCUT2D eigenvalue weighted by Crippen LogP contribution is -2.18. The van der Waals surface area contributed by atoms with Crippen molar-refractivity contribution < 1.29 is 0 Å². The number of aromatic nitrogens is 2. The zero-order valence-corrected chi connectivity index (χ0v) is 6.70. The van der Waals surface area contributed by atoms with Crippen LogP contribution in [0.5, 0.6) is 0 Å². The second-order valence-electron chi connectivity index (χ2n) is 2.87. The van der Waals surface area contributed by atoms with Crippen LogP contribution in [0.15, 0.2) is 12.3 Å². The van der Waals surface area contributed by atoms with E-state index in [1.54, 1.807) is 0 Å². The summed E-state index contributed by atoms with van der Waals surface area (Å²) >= 11 is 0. The van der Waals surface area contributed by atoms with Crippen LogP contribution < -0.4 is 4.90 Å². The number of anilines is 1. The smallest absolute Gasteiger partial charge is 0.150 e. The molecule has 1 aliphatic rings. The van der Waals surface area contributed by atoms with Crippen LogP contribution in [0.2, 0.25) is 0 Å². The topological polar surface area (TPSA) is 21.1 Å². The molecular formula is C8H12N3. The second kappa shape index (κ2) is 2.57. The third-order valence-corrected chi connectivity index (χ3v) is 1.98. The van der Waals surface area contributed by atoms with Crippen LogP contribution in [-0.2, 0) is 7.05 Å². The minimum absolute atomic E-state index is 1.05. The van der Waals surface area contributed by atoms with Gasteiger partial charge in [-0.25, -0.2) is 0 Å². The highest BCUT2D eigenvalue weighted by molar-refractivity contribution is 5.39. The number of hydrogen-bond donors (Lipinski definition) is 0. The summed E-state index contributed by atoms with van der Waals surface area (Å²) < 4.78 is 1.84. The van der Waals surface area contributed by atoms with Crippen LogP contribution >= 0.6 is 0 Å². The van der Waals surface area contributed by atoms with Crippen LogP contribution in [-0.4, -0.2) is 22.9 Å². The van der Waals surface area contributed by atoms with Crippen molar-refractivity contribution in [3.05, 3.63) is 18.7 Å². The van der Waals surface area contributed by atoms with Gasteiger partial charge in [0.05, 0.1) is 0 Å². The summed E-state index contributed by atoms with van der Waals surface area (Å²) in [5.74, 6) is 1.10. The molecule has 2 rings (SSSR count). The summed E-state index contributed by atoms with van der Waals surface area (Å²) in [6, 6.07) is 2.05. The molecule has 0 bridgehead atoms. The van der Waals surface area contributed by atoms with Gasteiger partial charge in [-0.2, -0.15) is 5.10 Å². The van der Waals surface area contributed by atoms with E-state index in [1.807, 2.05) is 17.9 Å². The van der Waals surface area contributed by atoms with Gasteiger partial charge in [-0.3, -0.25) is 4.68 Å². The van der Waals surface area contributed by atoms with Gasteiger partial charge >= 0.3 is 0 Å². The molecule has 1 fully saturated rings. The molecule has 1 aromatic rings. The normalized spacial score (nSPS) is 17.7. The zero-order chi connectivity index (χ0) is 7.68. The minimum Gasteiger partial charge on any atom is -0.355 e. The zero-order valence-electron chi connectivity index (χ0n) is 6.70. The highest BCUT2D eigenvalue weighted by atomic mass is 15.3. The van der Waals surface area contributed by atoms with Gasteiger partial charge in [-0.05, 0) is 12.8 Å². The van der Waals surface area contributed by atoms with E-state index in [1.165, 1.54) is 6.42 Å². The summed E-state index contributed by atoms with van der Waals surface area (Å²) in [6.07, 6.45) is 5.46. The lowest BCUT2D eigenvalue weighted by Gasteiger charge is -2.12. The van der Waals surface area contributed by atoms with E-state index in [0.29, 0.717) is 0 Å². The van der Waals surface area contributed by atoms with E-state index in [4.69, 9.17) is 0 Å². The Morgan fingerprint density at radius 2 is 2.45 bits per heavy atom. The molecular weight excluding hydrogens is 138 g/mol. The van der Waals surface area contributed by atoms with E-state index in [0.717, 1.165) is 18.9 Å². The lowest BCUT2D eigenvalue weighted by atomic mass is 10.4. The van der Waals surface area contributed by atoms with E-state index in [-0.39, 0.29) is 0 Å². The molecule has 1 radical (unpaired) electrons. The maximum atomic E-state index is 4.32. The number of aryl methyl sites for hydroxylation is 1. The average Bonchev–Trinajstić information content (AvgIpc) is 2.55. The molecule has 0 spiro atoms. The van der Waals surface area contributed by atoms with E-state index in [9.17, 15) is 0 Å². The van der Waals surface area contributed by atoms with Crippen LogP contribution in [0, 0.1) is 6.42 Å². The molecule has 1 aromatic heterocycles. The van der Waals surface area contributed by atoms with Crippen LogP contribution in [0.4, 0.5) is 5.82 Å². The summed E-state index contributed by atoms with van der Waals surface area (Å²) in [5.41, 5.74) is 0. The molecule has 0 N–H and O–H groups in total. The van der Waals surface area contributed by atoms with Gasteiger partial charge in [-0.1, -0.05) is 0 Å². The molecule has 59 valence electrons. The fraction of sp³-hybridized carbons (Fsp3) is 0.500. The third kappa shape index (κ3) is 1.23. The monoisotopic (exact) mass is 150 g/mol. The quantitative estimate of drug-likeness (QED) is 0.591. The fourth-order valence-electron chi connectivity index (χ4n) is 1.37. The van der Waals surface area contributed by atoms with Gasteiger partial charge < -0.3 is 4.90 Å². The molecule has 0 saturated carbocycles. The Balaban J connectivity index is 2.15. The molecule has 1 aliphatic heterocycles. The number of hydrogen-bond acceptors (Lipinski definition) is 2. The number of nitrogens with zero attached hydrogens (tertiary/aromatic N) is 3. The predicted molar refractivity (Wildman–Crippen MR) is 44.3 cm³/mol. The van der Waals surface area contributed by atoms with Crippen molar-refractivity contribution >= 4 is 5.82 Å². The molecule has 11 heavy (non-hydrogen) atoms. The summed E-state index contributed by atoms with van der Waals surface area (Å²) in [7, 11) is 1.95. The Morgan fingerprint density at radius 1 is 1.55 bits per heavy atom. The summed E-state index contributed by atoms with van der Waals surface area (Å²) in [5, 5.41) is 4.32. The Labute approximate surface area is 66.6 Å². The van der Waals surface area contributed by atoms with Crippen molar-refractivity contribution in [2.75, 3.05) is 18.0 Å². The van der Waals surface area contributed by atoms with Gasteiger partial charge in [0.1, 0.15) is 0 Å². The third-order valence-electron chi connectivity index (χ3n) is 1.98. The molecule has 3 nitrogen and oxygen atoms in total. The second-order valence-corrected chi connectivity index (χ2v) is 2.87. The van der Waals surface area contributed by atoms with Gasteiger partial charge in [0.25, 0.3) is 0 Å². The van der Waals surface area contributed by atoms with Crippen LogP contribution in [0.3, 0.4) is 0 Å². The molecule has 0 amide bonds. The van der Waals surface area contributed by atoms with Crippen molar-refractivity contribution in [1.29, 1.82) is 0 Å². The number of rotatable bonds is 1. The van der Waals surface area contributed by atoms with E-state index in [2.05, 4.69) is 22.5 Å². The van der Waals surface area contributed by atoms with Crippen molar-refractivity contribution in [3.8, 4) is 0 Å². The average molecular weight is 150 g/mol. The maximum absolute atomic E-state index is 4.32. The molecule has 0 aliphatic carbocycles. The van der Waals surface area contributed by atoms with Gasteiger partial charge in [0.15, 0.2) is 5.82 Å². The first kappa shape index (κ1) is 6.70. The minimum atomic E-state index is 1.05. The lowest BCUT2D eigenvalue weighted by molar-refractivity contribution is 0.755. The molecule has 0 aromatic carbocycles. The standard InChI is InChI=1S/C8H12N3/c1-10-7-4-8(9-10)11-5-2-3-6-11/h2,4,7H,3,5-6H2,1H3. The van der Waals surface area contributed by atoms with Crippen molar-refractivity contribution in [2.24, 2.45) is 7.05 Å². The largest absolute Gasteiger partial charge is 0.355 e. The van der Waals surface area contributed by atoms with Gasteiger partial charge in [-0.15, -0.1) is 0 Å². The summed E-state index contributed by atoms with van der Waals surface area (Å²) in [4.78, 5) is 2.28.